The molecule has 1 aromatic carbocycles. The van der Waals surface area contributed by atoms with Gasteiger partial charge in [-0.25, -0.2) is 0 Å². The van der Waals surface area contributed by atoms with Gasteiger partial charge in [0.25, 0.3) is 0 Å². The topological polar surface area (TPSA) is 51.2 Å². The standard InChI is InChI=1S/C20H31N5O/c1-3-21-20(25-14-12-24(13-15-25)17(2)26)22-9-11-23-10-8-18-6-4-5-7-19(18)16-23/h4-7H,3,8-16H2,1-2H3,(H,21,22). The lowest BCUT2D eigenvalue weighted by molar-refractivity contribution is -0.130. The smallest absolute Gasteiger partial charge is 0.219 e. The average Bonchev–Trinajstić information content (AvgIpc) is 2.67. The molecular weight excluding hydrogens is 326 g/mol. The number of rotatable bonds is 4. The minimum Gasteiger partial charge on any atom is -0.357 e. The Bertz CT molecular complexity index is 637. The zero-order valence-electron chi connectivity index (χ0n) is 16.1. The van der Waals surface area contributed by atoms with E-state index in [1.165, 1.54) is 11.1 Å². The molecule has 2 heterocycles. The number of aliphatic imine (C=N–C) groups is 1. The normalized spacial score (nSPS) is 18.6. The maximum absolute atomic E-state index is 11.5. The Labute approximate surface area is 156 Å². The second-order valence-electron chi connectivity index (χ2n) is 7.02. The van der Waals surface area contributed by atoms with Crippen molar-refractivity contribution in [3.8, 4) is 0 Å². The van der Waals surface area contributed by atoms with Crippen LogP contribution in [0.25, 0.3) is 0 Å². The zero-order chi connectivity index (χ0) is 18.4. The summed E-state index contributed by atoms with van der Waals surface area (Å²) < 4.78 is 0. The Morgan fingerprint density at radius 2 is 1.77 bits per heavy atom. The number of guanidine groups is 1. The summed E-state index contributed by atoms with van der Waals surface area (Å²) in [6.07, 6.45) is 1.13. The number of hydrogen-bond donors (Lipinski definition) is 1. The van der Waals surface area contributed by atoms with E-state index in [1.54, 1.807) is 6.92 Å². The summed E-state index contributed by atoms with van der Waals surface area (Å²) in [5, 5.41) is 3.40. The van der Waals surface area contributed by atoms with Gasteiger partial charge < -0.3 is 15.1 Å². The molecule has 0 radical (unpaired) electrons. The van der Waals surface area contributed by atoms with Gasteiger partial charge in [-0.1, -0.05) is 24.3 Å². The lowest BCUT2D eigenvalue weighted by atomic mass is 10.00. The molecule has 0 unspecified atom stereocenters. The fourth-order valence-electron chi connectivity index (χ4n) is 3.70. The lowest BCUT2D eigenvalue weighted by Gasteiger charge is -2.36. The summed E-state index contributed by atoms with van der Waals surface area (Å²) in [7, 11) is 0. The van der Waals surface area contributed by atoms with Gasteiger partial charge in [0.05, 0.1) is 6.54 Å². The van der Waals surface area contributed by atoms with E-state index >= 15 is 0 Å². The summed E-state index contributed by atoms with van der Waals surface area (Å²) in [4.78, 5) is 23.0. The number of nitrogens with zero attached hydrogens (tertiary/aromatic N) is 4. The minimum atomic E-state index is 0.164. The first-order valence-corrected chi connectivity index (χ1v) is 9.75. The maximum atomic E-state index is 11.5. The second-order valence-corrected chi connectivity index (χ2v) is 7.02. The summed E-state index contributed by atoms with van der Waals surface area (Å²) in [5.41, 5.74) is 2.94. The van der Waals surface area contributed by atoms with E-state index in [9.17, 15) is 4.79 Å². The first-order valence-electron chi connectivity index (χ1n) is 9.75. The molecule has 3 rings (SSSR count). The van der Waals surface area contributed by atoms with Crippen molar-refractivity contribution in [2.24, 2.45) is 4.99 Å². The second kappa shape index (κ2) is 9.03. The van der Waals surface area contributed by atoms with Crippen LogP contribution >= 0.6 is 0 Å². The molecule has 1 fully saturated rings. The number of piperazine rings is 1. The van der Waals surface area contributed by atoms with Crippen LogP contribution in [0.1, 0.15) is 25.0 Å². The van der Waals surface area contributed by atoms with Crippen LogP contribution in [0.3, 0.4) is 0 Å². The summed E-state index contributed by atoms with van der Waals surface area (Å²) in [6, 6.07) is 8.75. The van der Waals surface area contributed by atoms with Gasteiger partial charge in [-0.3, -0.25) is 14.7 Å². The van der Waals surface area contributed by atoms with Gasteiger partial charge in [0.2, 0.25) is 5.91 Å². The van der Waals surface area contributed by atoms with Crippen molar-refractivity contribution in [2.45, 2.75) is 26.8 Å². The zero-order valence-corrected chi connectivity index (χ0v) is 16.1. The van der Waals surface area contributed by atoms with Gasteiger partial charge in [0, 0.05) is 59.3 Å². The molecule has 2 aliphatic heterocycles. The van der Waals surface area contributed by atoms with Gasteiger partial charge in [-0.2, -0.15) is 0 Å². The third-order valence-corrected chi connectivity index (χ3v) is 5.25. The predicted molar refractivity (Wildman–Crippen MR) is 105 cm³/mol. The molecule has 2 aliphatic rings. The number of carbonyl (C=O) groups excluding carboxylic acids is 1. The lowest BCUT2D eigenvalue weighted by Crippen LogP contribution is -2.53. The van der Waals surface area contributed by atoms with Crippen LogP contribution in [-0.2, 0) is 17.8 Å². The predicted octanol–water partition coefficient (Wildman–Crippen LogP) is 1.17. The molecule has 1 N–H and O–H groups in total. The monoisotopic (exact) mass is 357 g/mol. The Kier molecular flexibility index (Phi) is 6.50. The van der Waals surface area contributed by atoms with Crippen LogP contribution < -0.4 is 5.32 Å². The molecule has 0 atom stereocenters. The highest BCUT2D eigenvalue weighted by Gasteiger charge is 2.21. The minimum absolute atomic E-state index is 0.164. The van der Waals surface area contributed by atoms with E-state index in [4.69, 9.17) is 4.99 Å². The van der Waals surface area contributed by atoms with E-state index in [0.29, 0.717) is 0 Å². The van der Waals surface area contributed by atoms with Crippen LogP contribution in [0.2, 0.25) is 0 Å². The SMILES string of the molecule is CCNC(=NCCN1CCc2ccccc2C1)N1CCN(C(C)=O)CC1. The molecule has 0 saturated carbocycles. The molecule has 26 heavy (non-hydrogen) atoms. The first kappa shape index (κ1) is 18.7. The Morgan fingerprint density at radius 3 is 2.46 bits per heavy atom. The molecule has 142 valence electrons. The Balaban J connectivity index is 1.51. The average molecular weight is 358 g/mol. The van der Waals surface area contributed by atoms with Crippen molar-refractivity contribution in [2.75, 3.05) is 52.4 Å². The van der Waals surface area contributed by atoms with Crippen molar-refractivity contribution < 1.29 is 4.79 Å². The molecule has 6 heteroatoms. The Hall–Kier alpha value is -2.08. The molecule has 0 aliphatic carbocycles. The molecule has 1 aromatic rings. The third-order valence-electron chi connectivity index (χ3n) is 5.25. The van der Waals surface area contributed by atoms with E-state index in [0.717, 1.165) is 71.3 Å². The summed E-state index contributed by atoms with van der Waals surface area (Å²) in [6.45, 7) is 11.8. The first-order chi connectivity index (χ1) is 12.7. The van der Waals surface area contributed by atoms with Crippen molar-refractivity contribution in [1.82, 2.24) is 20.0 Å². The van der Waals surface area contributed by atoms with Gasteiger partial charge in [0.15, 0.2) is 5.96 Å². The maximum Gasteiger partial charge on any atom is 0.219 e. The molecule has 0 spiro atoms. The van der Waals surface area contributed by atoms with Crippen LogP contribution in [0.5, 0.6) is 0 Å². The fourth-order valence-corrected chi connectivity index (χ4v) is 3.70. The van der Waals surface area contributed by atoms with E-state index < -0.39 is 0 Å². The van der Waals surface area contributed by atoms with Gasteiger partial charge >= 0.3 is 0 Å². The highest BCUT2D eigenvalue weighted by molar-refractivity contribution is 5.80. The number of amides is 1. The molecule has 0 bridgehead atoms. The molecule has 6 nitrogen and oxygen atoms in total. The van der Waals surface area contributed by atoms with Crippen LogP contribution in [0.15, 0.2) is 29.3 Å². The third kappa shape index (κ3) is 4.75. The number of fused-ring (bicyclic) bond motifs is 1. The quantitative estimate of drug-likeness (QED) is 0.649. The van der Waals surface area contributed by atoms with E-state index in [2.05, 4.69) is 46.3 Å². The van der Waals surface area contributed by atoms with Crippen LogP contribution in [0, 0.1) is 0 Å². The van der Waals surface area contributed by atoms with Gasteiger partial charge in [-0.15, -0.1) is 0 Å². The number of hydrogen-bond acceptors (Lipinski definition) is 3. The highest BCUT2D eigenvalue weighted by atomic mass is 16.2. The number of nitrogens with one attached hydrogen (secondary N) is 1. The molecule has 0 aromatic heterocycles. The van der Waals surface area contributed by atoms with E-state index in [-0.39, 0.29) is 5.91 Å². The number of benzene rings is 1. The van der Waals surface area contributed by atoms with Crippen LogP contribution in [-0.4, -0.2) is 78.9 Å². The molecule has 1 saturated heterocycles. The van der Waals surface area contributed by atoms with Gasteiger partial charge in [0.1, 0.15) is 0 Å². The van der Waals surface area contributed by atoms with E-state index in [1.807, 2.05) is 4.90 Å². The van der Waals surface area contributed by atoms with Crippen LogP contribution in [0.4, 0.5) is 0 Å². The molecular formula is C20H31N5O. The van der Waals surface area contributed by atoms with Crippen molar-refractivity contribution in [3.05, 3.63) is 35.4 Å². The van der Waals surface area contributed by atoms with Crippen molar-refractivity contribution in [3.63, 3.8) is 0 Å². The summed E-state index contributed by atoms with van der Waals surface area (Å²) in [5.74, 6) is 1.14. The largest absolute Gasteiger partial charge is 0.357 e. The highest BCUT2D eigenvalue weighted by Crippen LogP contribution is 2.17. The number of carbonyl (C=O) groups is 1. The van der Waals surface area contributed by atoms with Gasteiger partial charge in [-0.05, 0) is 24.5 Å². The van der Waals surface area contributed by atoms with Crippen molar-refractivity contribution in [1.29, 1.82) is 0 Å². The van der Waals surface area contributed by atoms with Crippen molar-refractivity contribution >= 4 is 11.9 Å². The molecule has 1 amide bonds. The summed E-state index contributed by atoms with van der Waals surface area (Å²) >= 11 is 0. The fraction of sp³-hybridized carbons (Fsp3) is 0.600. The Morgan fingerprint density at radius 1 is 1.08 bits per heavy atom.